The molecule has 0 spiro atoms. The fraction of sp³-hybridized carbons (Fsp3) is 0.471. The summed E-state index contributed by atoms with van der Waals surface area (Å²) >= 11 is 2.16. The summed E-state index contributed by atoms with van der Waals surface area (Å²) < 4.78 is 45.5. The third kappa shape index (κ3) is 6.56. The zero-order chi connectivity index (χ0) is 20.3. The fourth-order valence-electron chi connectivity index (χ4n) is 2.28. The van der Waals surface area contributed by atoms with Crippen LogP contribution in [0.2, 0.25) is 0 Å². The molecule has 0 atom stereocenters. The first-order chi connectivity index (χ1) is 14.3. The van der Waals surface area contributed by atoms with Crippen LogP contribution in [0.5, 0.6) is 17.6 Å². The number of hydrogen-bond acceptors (Lipinski definition) is 11. The minimum Gasteiger partial charge on any atom is -0.477 e. The quantitative estimate of drug-likeness (QED) is 0.288. The summed E-state index contributed by atoms with van der Waals surface area (Å²) in [6.45, 7) is 2.52. The molecule has 0 aliphatic carbocycles. The molecule has 3 heterocycles. The molecule has 0 N–H and O–H groups in total. The van der Waals surface area contributed by atoms with Gasteiger partial charge in [0.25, 0.3) is 17.6 Å². The van der Waals surface area contributed by atoms with Crippen molar-refractivity contribution < 1.29 is 28.3 Å². The maximum Gasteiger partial charge on any atom is 0.291 e. The van der Waals surface area contributed by atoms with Gasteiger partial charge in [0.15, 0.2) is 18.1 Å². The van der Waals surface area contributed by atoms with Crippen molar-refractivity contribution in [3.63, 3.8) is 0 Å². The molecule has 29 heavy (non-hydrogen) atoms. The molecule has 0 aliphatic rings. The number of pyridine rings is 1. The maximum absolute atomic E-state index is 5.70. The van der Waals surface area contributed by atoms with E-state index in [1.165, 1.54) is 7.11 Å². The van der Waals surface area contributed by atoms with Crippen LogP contribution >= 0.6 is 23.5 Å². The molecule has 0 amide bonds. The second-order valence-corrected chi connectivity index (χ2v) is 6.73. The van der Waals surface area contributed by atoms with Gasteiger partial charge < -0.3 is 23.7 Å². The Morgan fingerprint density at radius 3 is 2.17 bits per heavy atom. The van der Waals surface area contributed by atoms with Crippen LogP contribution in [-0.4, -0.2) is 64.2 Å². The van der Waals surface area contributed by atoms with Gasteiger partial charge in [-0.05, 0) is 6.07 Å². The van der Waals surface area contributed by atoms with Gasteiger partial charge in [-0.3, -0.25) is 0 Å². The Kier molecular flexibility index (Phi) is 8.49. The van der Waals surface area contributed by atoms with Crippen molar-refractivity contribution in [1.82, 2.24) is 17.5 Å². The highest BCUT2D eigenvalue weighted by Gasteiger charge is 2.14. The molecule has 3 rings (SSSR count). The summed E-state index contributed by atoms with van der Waals surface area (Å²) in [5, 5.41) is 0. The Bertz CT molecular complexity index is 875. The summed E-state index contributed by atoms with van der Waals surface area (Å²) in [5.74, 6) is 1.29. The fourth-order valence-corrected chi connectivity index (χ4v) is 3.27. The van der Waals surface area contributed by atoms with Crippen LogP contribution in [-0.2, 0) is 16.5 Å². The lowest BCUT2D eigenvalue weighted by Crippen LogP contribution is -2.26. The largest absolute Gasteiger partial charge is 0.477 e. The molecule has 0 saturated carbocycles. The molecule has 0 fully saturated rings. The van der Waals surface area contributed by atoms with Crippen molar-refractivity contribution in [2.75, 3.05) is 46.8 Å². The minimum absolute atomic E-state index is 0.363. The average Bonchev–Trinajstić information content (AvgIpc) is 3.38. The molecular weight excluding hydrogens is 418 g/mol. The van der Waals surface area contributed by atoms with E-state index in [1.807, 2.05) is 36.1 Å². The van der Waals surface area contributed by atoms with E-state index >= 15 is 0 Å². The Labute approximate surface area is 176 Å². The number of rotatable bonds is 13. The van der Waals surface area contributed by atoms with Crippen LogP contribution in [0.4, 0.5) is 0 Å². The summed E-state index contributed by atoms with van der Waals surface area (Å²) in [7, 11) is 3.48. The van der Waals surface area contributed by atoms with Crippen molar-refractivity contribution in [2.24, 2.45) is 7.05 Å². The molecular formula is C17H22N5O5S2+. The van der Waals surface area contributed by atoms with Gasteiger partial charge in [0.05, 0.1) is 62.6 Å². The van der Waals surface area contributed by atoms with Crippen LogP contribution in [0, 0.1) is 0 Å². The van der Waals surface area contributed by atoms with Crippen molar-refractivity contribution >= 4 is 23.5 Å². The molecule has 156 valence electrons. The van der Waals surface area contributed by atoms with Gasteiger partial charge in [-0.1, -0.05) is 0 Å². The topological polar surface area (TPSA) is 102 Å². The van der Waals surface area contributed by atoms with E-state index in [0.717, 1.165) is 34.7 Å². The predicted octanol–water partition coefficient (Wildman–Crippen LogP) is 1.38. The lowest BCUT2D eigenvalue weighted by Gasteiger charge is -2.07. The van der Waals surface area contributed by atoms with Crippen molar-refractivity contribution in [3.05, 3.63) is 24.5 Å². The number of ether oxygens (including phenoxy) is 5. The van der Waals surface area contributed by atoms with Crippen molar-refractivity contribution in [2.45, 2.75) is 0 Å². The second-order valence-electron chi connectivity index (χ2n) is 5.68. The average molecular weight is 441 g/mol. The summed E-state index contributed by atoms with van der Waals surface area (Å²) in [4.78, 5) is 0. The lowest BCUT2D eigenvalue weighted by molar-refractivity contribution is -0.671. The number of hydrogen-bond donors (Lipinski definition) is 0. The second kappa shape index (κ2) is 11.6. The third-order valence-corrected chi connectivity index (χ3v) is 4.61. The zero-order valence-electron chi connectivity index (χ0n) is 16.1. The number of aryl methyl sites for hydroxylation is 1. The normalized spacial score (nSPS) is 10.8. The summed E-state index contributed by atoms with van der Waals surface area (Å²) in [6.07, 6.45) is 3.93. The number of nitrogens with zero attached hydrogens (tertiary/aromatic N) is 5. The van der Waals surface area contributed by atoms with Crippen LogP contribution in [0.15, 0.2) is 24.5 Å². The molecule has 0 aliphatic heterocycles. The van der Waals surface area contributed by atoms with E-state index in [1.54, 1.807) is 0 Å². The molecule has 10 nitrogen and oxygen atoms in total. The van der Waals surface area contributed by atoms with Crippen LogP contribution in [0.25, 0.3) is 11.3 Å². The summed E-state index contributed by atoms with van der Waals surface area (Å²) in [5.41, 5.74) is 1.70. The monoisotopic (exact) mass is 440 g/mol. The lowest BCUT2D eigenvalue weighted by atomic mass is 10.2. The highest BCUT2D eigenvalue weighted by Crippen LogP contribution is 2.26. The SMILES string of the molecule is COc1nsnc1OCCOCCOCCOc1nsnc1-c1ccc[n+](C)c1. The molecule has 0 unspecified atom stereocenters. The van der Waals surface area contributed by atoms with Gasteiger partial charge >= 0.3 is 0 Å². The van der Waals surface area contributed by atoms with Gasteiger partial charge in [-0.2, -0.15) is 4.37 Å². The molecule has 3 aromatic heterocycles. The zero-order valence-corrected chi connectivity index (χ0v) is 17.8. The van der Waals surface area contributed by atoms with Crippen LogP contribution < -0.4 is 18.8 Å². The number of aromatic nitrogens is 5. The Morgan fingerprint density at radius 1 is 0.828 bits per heavy atom. The van der Waals surface area contributed by atoms with E-state index in [0.29, 0.717) is 57.3 Å². The first-order valence-electron chi connectivity index (χ1n) is 8.84. The van der Waals surface area contributed by atoms with Crippen molar-refractivity contribution in [1.29, 1.82) is 0 Å². The molecule has 12 heteroatoms. The molecule has 0 bridgehead atoms. The Morgan fingerprint density at radius 2 is 1.45 bits per heavy atom. The predicted molar refractivity (Wildman–Crippen MR) is 106 cm³/mol. The van der Waals surface area contributed by atoms with E-state index in [4.69, 9.17) is 23.7 Å². The Hall–Kier alpha value is -2.41. The highest BCUT2D eigenvalue weighted by molar-refractivity contribution is 6.99. The van der Waals surface area contributed by atoms with E-state index in [2.05, 4.69) is 17.5 Å². The van der Waals surface area contributed by atoms with Gasteiger partial charge in [0.1, 0.15) is 20.3 Å². The van der Waals surface area contributed by atoms with E-state index < -0.39 is 0 Å². The standard InChI is InChI=1S/C17H22N5O5S2/c1-22-5-3-4-13(12-22)14-15(19-28-18-14)26-10-8-24-6-7-25-9-11-27-17-16(23-2)20-29-21-17/h3-5,12H,6-11H2,1-2H3/q+1. The maximum atomic E-state index is 5.70. The van der Waals surface area contributed by atoms with Crippen LogP contribution in [0.3, 0.4) is 0 Å². The Balaban J connectivity index is 1.24. The smallest absolute Gasteiger partial charge is 0.291 e. The van der Waals surface area contributed by atoms with E-state index in [-0.39, 0.29) is 0 Å². The molecule has 0 aromatic carbocycles. The first-order valence-corrected chi connectivity index (χ1v) is 10.3. The molecule has 0 radical (unpaired) electrons. The van der Waals surface area contributed by atoms with Gasteiger partial charge in [0, 0.05) is 6.07 Å². The van der Waals surface area contributed by atoms with Crippen LogP contribution in [0.1, 0.15) is 0 Å². The van der Waals surface area contributed by atoms with Crippen molar-refractivity contribution in [3.8, 4) is 28.9 Å². The number of methoxy groups -OCH3 is 1. The highest BCUT2D eigenvalue weighted by atomic mass is 32.1. The van der Waals surface area contributed by atoms with Gasteiger partial charge in [-0.25, -0.2) is 4.57 Å². The minimum atomic E-state index is 0.363. The third-order valence-electron chi connectivity index (χ3n) is 3.60. The van der Waals surface area contributed by atoms with Gasteiger partial charge in [0.2, 0.25) is 0 Å². The van der Waals surface area contributed by atoms with Gasteiger partial charge in [-0.15, -0.1) is 13.1 Å². The summed E-state index contributed by atoms with van der Waals surface area (Å²) in [6, 6.07) is 3.93. The van der Waals surface area contributed by atoms with E-state index in [9.17, 15) is 0 Å². The molecule has 3 aromatic rings. The molecule has 0 saturated heterocycles. The first kappa shape index (κ1) is 21.3.